The lowest BCUT2D eigenvalue weighted by atomic mass is 9.79. The van der Waals surface area contributed by atoms with E-state index < -0.39 is 15.8 Å². The van der Waals surface area contributed by atoms with Crippen molar-refractivity contribution in [1.29, 1.82) is 0 Å². The first-order valence-electron chi connectivity index (χ1n) is 19.9. The van der Waals surface area contributed by atoms with Crippen molar-refractivity contribution in [2.45, 2.75) is 134 Å². The zero-order chi connectivity index (χ0) is 43.3. The minimum atomic E-state index is -2.37. The number of imide groups is 1. The molecular weight excluding hydrogens is 789 g/mol. The Morgan fingerprint density at radius 2 is 0.759 bits per heavy atom. The Bertz CT molecular complexity index is 2110. The van der Waals surface area contributed by atoms with Gasteiger partial charge in [-0.25, -0.2) is 4.79 Å². The van der Waals surface area contributed by atoms with Gasteiger partial charge < -0.3 is 14.2 Å². The zero-order valence-corrected chi connectivity index (χ0v) is 39.0. The lowest BCUT2D eigenvalue weighted by Gasteiger charge is -2.28. The number of amides is 2. The second-order valence-corrected chi connectivity index (χ2v) is 22.1. The van der Waals surface area contributed by atoms with Gasteiger partial charge in [-0.2, -0.15) is 0 Å². The van der Waals surface area contributed by atoms with Gasteiger partial charge in [-0.3, -0.25) is 10.1 Å². The molecule has 6 nitrogen and oxygen atoms in total. The van der Waals surface area contributed by atoms with Gasteiger partial charge in [-0.15, -0.1) is 0 Å². The van der Waals surface area contributed by atoms with Gasteiger partial charge in [-0.1, -0.05) is 172 Å². The summed E-state index contributed by atoms with van der Waals surface area (Å²) in [6.07, 6.45) is 0.932. The number of rotatable bonds is 3. The smallest absolute Gasteiger partial charge is 0.419 e. The number of carbonyl (C=O) groups excluding carboxylic acids is 2. The fourth-order valence-corrected chi connectivity index (χ4v) is 7.68. The normalized spacial score (nSPS) is 13.8. The van der Waals surface area contributed by atoms with Crippen LogP contribution in [0.4, 0.5) is 4.79 Å². The van der Waals surface area contributed by atoms with Crippen molar-refractivity contribution in [2.75, 3.05) is 14.2 Å². The molecule has 1 N–H and O–H groups in total. The van der Waals surface area contributed by atoms with E-state index in [9.17, 15) is 9.59 Å². The van der Waals surface area contributed by atoms with Gasteiger partial charge in [0.05, 0.1) is 14.2 Å². The number of methoxy groups -OCH3 is 2. The highest BCUT2D eigenvalue weighted by molar-refractivity contribution is 6.76. The SMILES string of the molecule is COc1c2cc(C(C)(C)C)cc1Cc1cc(C(C)(C)C)cc(c1OC(=O)NC(=O)C(Cl)(Cl)Cl)Cc1cc(C(C)(C)C)cc(c1OC)Cc1cc(cc(C(C)(C)C)c1)C2. The maximum Gasteiger partial charge on any atom is 0.419 e. The predicted octanol–water partition coefficient (Wildman–Crippen LogP) is 12.6. The van der Waals surface area contributed by atoms with Gasteiger partial charge in [0.2, 0.25) is 0 Å². The molecule has 9 heteroatoms. The van der Waals surface area contributed by atoms with Crippen LogP contribution in [-0.2, 0) is 52.1 Å². The van der Waals surface area contributed by atoms with Crippen LogP contribution in [0.25, 0.3) is 0 Å². The molecule has 1 aliphatic carbocycles. The molecule has 0 heterocycles. The standard InChI is InChI=1S/C49H60Cl3NO5/c1-45(2,3)36-18-28-15-29(19-36)17-31-23-38(47(7,8)9)25-33(41(31)57-14)21-35-27-39(48(10,11)12)26-34(42(35)58-44(55)53-43(54)49(50,51)52)20-32-24-37(46(4,5)6)22-30(16-28)40(32)56-13/h15,18-19,22-27H,16-17,20-21H2,1-14H3,(H,53,54,55). The third kappa shape index (κ3) is 10.5. The maximum atomic E-state index is 13.6. The van der Waals surface area contributed by atoms with E-state index in [2.05, 4.69) is 143 Å². The van der Waals surface area contributed by atoms with E-state index >= 15 is 0 Å². The summed E-state index contributed by atoms with van der Waals surface area (Å²) < 4.78 is 16.5. The largest absolute Gasteiger partial charge is 0.496 e. The van der Waals surface area contributed by atoms with Gasteiger partial charge in [0.1, 0.15) is 17.2 Å². The lowest BCUT2D eigenvalue weighted by molar-refractivity contribution is -0.119. The first-order valence-corrected chi connectivity index (χ1v) is 21.0. The fraction of sp³-hybridized carbons (Fsp3) is 0.469. The monoisotopic (exact) mass is 847 g/mol. The second-order valence-electron chi connectivity index (χ2n) is 19.9. The number of alkyl halides is 3. The Hall–Kier alpha value is -3.71. The number of hydrogen-bond acceptors (Lipinski definition) is 5. The third-order valence-electron chi connectivity index (χ3n) is 10.9. The van der Waals surface area contributed by atoms with Crippen molar-refractivity contribution >= 4 is 46.8 Å². The molecule has 2 amide bonds. The molecule has 1 aliphatic rings. The van der Waals surface area contributed by atoms with E-state index in [0.29, 0.717) is 31.4 Å². The van der Waals surface area contributed by atoms with Crippen LogP contribution in [0.2, 0.25) is 0 Å². The van der Waals surface area contributed by atoms with E-state index in [1.807, 2.05) is 0 Å². The van der Waals surface area contributed by atoms with Gasteiger partial charge in [0.15, 0.2) is 0 Å². The van der Waals surface area contributed by atoms with Gasteiger partial charge in [0.25, 0.3) is 9.70 Å². The Labute approximate surface area is 361 Å². The topological polar surface area (TPSA) is 73.9 Å². The second kappa shape index (κ2) is 16.4. The van der Waals surface area contributed by atoms with Crippen LogP contribution < -0.4 is 19.5 Å². The molecule has 0 saturated carbocycles. The van der Waals surface area contributed by atoms with E-state index in [1.165, 1.54) is 16.7 Å². The van der Waals surface area contributed by atoms with Gasteiger partial charge in [-0.05, 0) is 77.3 Å². The van der Waals surface area contributed by atoms with E-state index in [1.54, 1.807) is 14.2 Å². The molecule has 0 atom stereocenters. The molecule has 0 saturated heterocycles. The summed E-state index contributed by atoms with van der Waals surface area (Å²) in [7, 11) is 3.42. The summed E-state index contributed by atoms with van der Waals surface area (Å²) in [6.45, 7) is 26.5. The van der Waals surface area contributed by atoms with Crippen LogP contribution in [0.15, 0.2) is 54.6 Å². The Morgan fingerprint density at radius 1 is 0.466 bits per heavy atom. The summed E-state index contributed by atoms with van der Waals surface area (Å²) in [5.74, 6) is 0.741. The van der Waals surface area contributed by atoms with Crippen LogP contribution >= 0.6 is 34.8 Å². The summed E-state index contributed by atoms with van der Waals surface area (Å²) in [5, 5.41) is 2.12. The highest BCUT2D eigenvalue weighted by Crippen LogP contribution is 2.42. The van der Waals surface area contributed by atoms with E-state index in [0.717, 1.165) is 61.6 Å². The van der Waals surface area contributed by atoms with Crippen molar-refractivity contribution in [2.24, 2.45) is 0 Å². The van der Waals surface area contributed by atoms with Gasteiger partial charge >= 0.3 is 6.09 Å². The molecular formula is C49H60Cl3NO5. The molecule has 0 aliphatic heterocycles. The molecule has 312 valence electrons. The Morgan fingerprint density at radius 3 is 1.05 bits per heavy atom. The molecule has 0 aromatic heterocycles. The van der Waals surface area contributed by atoms with Crippen LogP contribution in [0.1, 0.15) is 150 Å². The summed E-state index contributed by atoms with van der Waals surface area (Å²) in [6, 6.07) is 20.1. The number of fused-ring (bicyclic) bond motifs is 8. The van der Waals surface area contributed by atoms with Crippen molar-refractivity contribution in [3.05, 3.63) is 121 Å². The number of hydrogen-bond donors (Lipinski definition) is 1. The van der Waals surface area contributed by atoms with Crippen LogP contribution in [0, 0.1) is 0 Å². The number of benzene rings is 4. The molecule has 0 radical (unpaired) electrons. The molecule has 0 fully saturated rings. The number of carbonyl (C=O) groups is 2. The fourth-order valence-electron chi connectivity index (χ4n) is 7.54. The highest BCUT2D eigenvalue weighted by atomic mass is 35.6. The quantitative estimate of drug-likeness (QED) is 0.183. The lowest BCUT2D eigenvalue weighted by Crippen LogP contribution is -2.40. The molecule has 5 rings (SSSR count). The van der Waals surface area contributed by atoms with Crippen molar-refractivity contribution in [1.82, 2.24) is 5.32 Å². The van der Waals surface area contributed by atoms with Crippen molar-refractivity contribution in [3.63, 3.8) is 0 Å². The number of halogens is 3. The average molecular weight is 849 g/mol. The highest BCUT2D eigenvalue weighted by Gasteiger charge is 2.34. The first-order chi connectivity index (χ1) is 26.6. The van der Waals surface area contributed by atoms with E-state index in [4.69, 9.17) is 49.0 Å². The van der Waals surface area contributed by atoms with Crippen molar-refractivity contribution in [3.8, 4) is 17.2 Å². The zero-order valence-electron chi connectivity index (χ0n) is 36.7. The van der Waals surface area contributed by atoms with Crippen LogP contribution in [0.3, 0.4) is 0 Å². The first kappa shape index (κ1) is 45.4. The third-order valence-corrected chi connectivity index (χ3v) is 11.4. The molecule has 8 bridgehead atoms. The van der Waals surface area contributed by atoms with Gasteiger partial charge in [0, 0.05) is 36.8 Å². The Balaban J connectivity index is 1.93. The molecule has 58 heavy (non-hydrogen) atoms. The average Bonchev–Trinajstić information content (AvgIpc) is 3.06. The Kier molecular flexibility index (Phi) is 12.8. The molecule has 4 aromatic rings. The van der Waals surface area contributed by atoms with E-state index in [-0.39, 0.29) is 21.7 Å². The minimum Gasteiger partial charge on any atom is -0.496 e. The van der Waals surface area contributed by atoms with Crippen LogP contribution in [0.5, 0.6) is 17.2 Å². The predicted molar refractivity (Wildman–Crippen MR) is 239 cm³/mol. The molecule has 0 spiro atoms. The van der Waals surface area contributed by atoms with Crippen molar-refractivity contribution < 1.29 is 23.8 Å². The molecule has 0 unspecified atom stereocenters. The maximum absolute atomic E-state index is 13.6. The molecule has 4 aromatic carbocycles. The number of nitrogens with one attached hydrogen (secondary N) is 1. The summed E-state index contributed by atoms with van der Waals surface area (Å²) in [5.41, 5.74) is 11.7. The van der Waals surface area contributed by atoms with Crippen LogP contribution in [-0.4, -0.2) is 30.0 Å². The summed E-state index contributed by atoms with van der Waals surface area (Å²) in [4.78, 5) is 26.3. The minimum absolute atomic E-state index is 0.0871. The summed E-state index contributed by atoms with van der Waals surface area (Å²) >= 11 is 17.6. The number of ether oxygens (including phenoxy) is 3.